The van der Waals surface area contributed by atoms with Crippen LogP contribution in [0.15, 0.2) is 59.5 Å². The molecule has 0 heterocycles. The molecule has 0 radical (unpaired) electrons. The topological polar surface area (TPSA) is 74.7 Å². The van der Waals surface area contributed by atoms with Gasteiger partial charge in [-0.05, 0) is 24.6 Å². The van der Waals surface area contributed by atoms with Crippen molar-refractivity contribution in [3.05, 3.63) is 65.7 Å². The van der Waals surface area contributed by atoms with Gasteiger partial charge in [0.25, 0.3) is 10.0 Å². The van der Waals surface area contributed by atoms with E-state index in [9.17, 15) is 18.3 Å². The number of hydrogen-bond acceptors (Lipinski definition) is 4. The molecule has 116 valence electrons. The summed E-state index contributed by atoms with van der Waals surface area (Å²) in [5.41, 5.74) is 1.47. The first-order valence-corrected chi connectivity index (χ1v) is 8.16. The van der Waals surface area contributed by atoms with E-state index in [-0.39, 0.29) is 17.9 Å². The van der Waals surface area contributed by atoms with Crippen LogP contribution in [0.3, 0.4) is 0 Å². The van der Waals surface area contributed by atoms with Crippen LogP contribution in [0.4, 0.5) is 0 Å². The quantitative estimate of drug-likeness (QED) is 0.825. The minimum Gasteiger partial charge on any atom is -0.387 e. The number of sulfonamides is 1. The number of carbonyl (C=O) groups is 1. The largest absolute Gasteiger partial charge is 0.387 e. The van der Waals surface area contributed by atoms with E-state index in [0.29, 0.717) is 9.87 Å². The molecule has 1 N–H and O–H groups in total. The molecule has 2 aromatic carbocycles. The molecule has 0 fully saturated rings. The van der Waals surface area contributed by atoms with Crippen molar-refractivity contribution < 1.29 is 18.3 Å². The number of aryl methyl sites for hydroxylation is 1. The zero-order valence-corrected chi connectivity index (χ0v) is 12.9. The van der Waals surface area contributed by atoms with Gasteiger partial charge < -0.3 is 5.11 Å². The second-order valence-corrected chi connectivity index (χ2v) is 6.81. The van der Waals surface area contributed by atoms with Crippen LogP contribution >= 0.6 is 0 Å². The van der Waals surface area contributed by atoms with E-state index in [1.807, 2.05) is 6.92 Å². The van der Waals surface area contributed by atoms with Crippen LogP contribution in [0.2, 0.25) is 0 Å². The Morgan fingerprint density at radius 3 is 2.23 bits per heavy atom. The van der Waals surface area contributed by atoms with Crippen molar-refractivity contribution in [1.82, 2.24) is 4.31 Å². The molecule has 2 aromatic rings. The van der Waals surface area contributed by atoms with Crippen molar-refractivity contribution in [2.75, 3.05) is 6.54 Å². The second kappa shape index (κ2) is 6.72. The number of aliphatic hydroxyl groups excluding tert-OH is 1. The van der Waals surface area contributed by atoms with Crippen LogP contribution < -0.4 is 0 Å². The first-order chi connectivity index (χ1) is 10.4. The van der Waals surface area contributed by atoms with Crippen molar-refractivity contribution in [2.24, 2.45) is 0 Å². The predicted molar refractivity (Wildman–Crippen MR) is 82.5 cm³/mol. The summed E-state index contributed by atoms with van der Waals surface area (Å²) in [4.78, 5) is 11.2. The lowest BCUT2D eigenvalue weighted by molar-refractivity contribution is -0.115. The Morgan fingerprint density at radius 1 is 1.09 bits per heavy atom. The zero-order valence-electron chi connectivity index (χ0n) is 12.1. The van der Waals surface area contributed by atoms with E-state index < -0.39 is 16.1 Å². The number of aliphatic hydroxyl groups is 1. The van der Waals surface area contributed by atoms with E-state index in [1.54, 1.807) is 42.5 Å². The van der Waals surface area contributed by atoms with Crippen LogP contribution in [-0.4, -0.2) is 30.8 Å². The highest BCUT2D eigenvalue weighted by Crippen LogP contribution is 2.19. The zero-order chi connectivity index (χ0) is 16.2. The summed E-state index contributed by atoms with van der Waals surface area (Å²) in [5, 5.41) is 10.1. The Labute approximate surface area is 129 Å². The first kappa shape index (κ1) is 16.2. The Hall–Kier alpha value is -2.18. The maximum absolute atomic E-state index is 12.4. The highest BCUT2D eigenvalue weighted by molar-refractivity contribution is 7.89. The molecule has 0 spiro atoms. The highest BCUT2D eigenvalue weighted by atomic mass is 32.2. The summed E-state index contributed by atoms with van der Waals surface area (Å²) in [7, 11) is -3.97. The average molecular weight is 319 g/mol. The molecule has 0 saturated carbocycles. The van der Waals surface area contributed by atoms with Crippen LogP contribution in [0, 0.1) is 6.92 Å². The van der Waals surface area contributed by atoms with Gasteiger partial charge in [0.05, 0.1) is 17.5 Å². The lowest BCUT2D eigenvalue weighted by Crippen LogP contribution is -2.33. The first-order valence-electron chi connectivity index (χ1n) is 6.72. The molecule has 1 atom stereocenters. The maximum Gasteiger partial charge on any atom is 0.266 e. The fourth-order valence-corrected chi connectivity index (χ4v) is 3.20. The summed E-state index contributed by atoms with van der Waals surface area (Å²) in [6, 6.07) is 14.8. The minimum absolute atomic E-state index is 0.0189. The van der Waals surface area contributed by atoms with Crippen molar-refractivity contribution in [3.63, 3.8) is 0 Å². The Morgan fingerprint density at radius 2 is 1.68 bits per heavy atom. The Bertz CT molecular complexity index is 727. The third-order valence-corrected chi connectivity index (χ3v) is 5.00. The normalized spacial score (nSPS) is 12.6. The van der Waals surface area contributed by atoms with Crippen LogP contribution in [0.5, 0.6) is 0 Å². The standard InChI is InChI=1S/C16H17NO4S/c1-13-7-9-15(10-8-13)22(20,21)17(12-18)11-16(19)14-5-3-2-4-6-14/h2-10,12,16,19H,11H2,1H3. The van der Waals surface area contributed by atoms with Crippen molar-refractivity contribution in [3.8, 4) is 0 Å². The Balaban J connectivity index is 2.24. The summed E-state index contributed by atoms with van der Waals surface area (Å²) in [6.07, 6.45) is -0.854. The number of rotatable bonds is 6. The molecule has 2 rings (SSSR count). The lowest BCUT2D eigenvalue weighted by atomic mass is 10.1. The van der Waals surface area contributed by atoms with E-state index in [4.69, 9.17) is 0 Å². The molecule has 0 aliphatic carbocycles. The third kappa shape index (κ3) is 3.52. The van der Waals surface area contributed by atoms with Gasteiger partial charge in [0, 0.05) is 0 Å². The molecule has 0 saturated heterocycles. The number of hydrogen-bond donors (Lipinski definition) is 1. The fraction of sp³-hybridized carbons (Fsp3) is 0.188. The second-order valence-electron chi connectivity index (χ2n) is 4.92. The van der Waals surface area contributed by atoms with Gasteiger partial charge in [-0.15, -0.1) is 0 Å². The molecule has 6 heteroatoms. The number of amides is 1. The molecule has 0 bridgehead atoms. The SMILES string of the molecule is Cc1ccc(S(=O)(=O)N(C=O)CC(O)c2ccccc2)cc1. The van der Waals surface area contributed by atoms with Crippen molar-refractivity contribution in [2.45, 2.75) is 17.9 Å². The summed E-state index contributed by atoms with van der Waals surface area (Å²) in [5.74, 6) is 0. The van der Waals surface area contributed by atoms with Gasteiger partial charge in [-0.25, -0.2) is 12.7 Å². The summed E-state index contributed by atoms with van der Waals surface area (Å²) < 4.78 is 25.5. The van der Waals surface area contributed by atoms with E-state index in [2.05, 4.69) is 0 Å². The van der Waals surface area contributed by atoms with E-state index >= 15 is 0 Å². The lowest BCUT2D eigenvalue weighted by Gasteiger charge is -2.21. The summed E-state index contributed by atoms with van der Waals surface area (Å²) >= 11 is 0. The molecule has 0 aliphatic rings. The summed E-state index contributed by atoms with van der Waals surface area (Å²) in [6.45, 7) is 1.51. The molecule has 22 heavy (non-hydrogen) atoms. The third-order valence-electron chi connectivity index (χ3n) is 3.28. The van der Waals surface area contributed by atoms with Crippen molar-refractivity contribution in [1.29, 1.82) is 0 Å². The number of carbonyl (C=O) groups excluding carboxylic acids is 1. The minimum atomic E-state index is -3.97. The molecule has 5 nitrogen and oxygen atoms in total. The van der Waals surface area contributed by atoms with Gasteiger partial charge >= 0.3 is 0 Å². The van der Waals surface area contributed by atoms with E-state index in [1.165, 1.54) is 12.1 Å². The highest BCUT2D eigenvalue weighted by Gasteiger charge is 2.25. The molecule has 0 aromatic heterocycles. The van der Waals surface area contributed by atoms with Gasteiger partial charge in [0.1, 0.15) is 0 Å². The molecular formula is C16H17NO4S. The van der Waals surface area contributed by atoms with Gasteiger partial charge in [-0.2, -0.15) is 0 Å². The van der Waals surface area contributed by atoms with Gasteiger partial charge in [0.15, 0.2) is 0 Å². The smallest absolute Gasteiger partial charge is 0.266 e. The van der Waals surface area contributed by atoms with Gasteiger partial charge in [0.2, 0.25) is 6.41 Å². The van der Waals surface area contributed by atoms with Crippen LogP contribution in [-0.2, 0) is 14.8 Å². The van der Waals surface area contributed by atoms with Gasteiger partial charge in [-0.1, -0.05) is 48.0 Å². The number of benzene rings is 2. The van der Waals surface area contributed by atoms with E-state index in [0.717, 1.165) is 5.56 Å². The van der Waals surface area contributed by atoms with Crippen molar-refractivity contribution >= 4 is 16.4 Å². The maximum atomic E-state index is 12.4. The molecule has 0 aliphatic heterocycles. The molecule has 1 unspecified atom stereocenters. The van der Waals surface area contributed by atoms with Crippen LogP contribution in [0.25, 0.3) is 0 Å². The number of nitrogens with zero attached hydrogens (tertiary/aromatic N) is 1. The Kier molecular flexibility index (Phi) is 4.95. The average Bonchev–Trinajstić information content (AvgIpc) is 2.53. The monoisotopic (exact) mass is 319 g/mol. The molecule has 1 amide bonds. The van der Waals surface area contributed by atoms with Gasteiger partial charge in [-0.3, -0.25) is 4.79 Å². The predicted octanol–water partition coefficient (Wildman–Crippen LogP) is 1.88. The van der Waals surface area contributed by atoms with Crippen LogP contribution in [0.1, 0.15) is 17.2 Å². The molecular weight excluding hydrogens is 302 g/mol. The fourth-order valence-electron chi connectivity index (χ4n) is 1.99.